The van der Waals surface area contributed by atoms with Gasteiger partial charge in [0.2, 0.25) is 0 Å². The Balaban J connectivity index is 1.57. The van der Waals surface area contributed by atoms with Crippen LogP contribution in [0.1, 0.15) is 25.5 Å². The molecule has 0 amide bonds. The van der Waals surface area contributed by atoms with E-state index in [9.17, 15) is 0 Å². The van der Waals surface area contributed by atoms with Crippen molar-refractivity contribution in [1.29, 1.82) is 0 Å². The summed E-state index contributed by atoms with van der Waals surface area (Å²) in [5.41, 5.74) is 1.71. The van der Waals surface area contributed by atoms with Gasteiger partial charge in [-0.1, -0.05) is 18.2 Å². The quantitative estimate of drug-likeness (QED) is 0.920. The highest BCUT2D eigenvalue weighted by molar-refractivity contribution is 7.99. The molecule has 4 heteroatoms. The fourth-order valence-electron chi connectivity index (χ4n) is 3.23. The summed E-state index contributed by atoms with van der Waals surface area (Å²) in [5.74, 6) is 1.16. The van der Waals surface area contributed by atoms with Gasteiger partial charge in [0.15, 0.2) is 0 Å². The fourth-order valence-corrected chi connectivity index (χ4v) is 4.42. The number of hydrogen-bond acceptors (Lipinski definition) is 4. The Labute approximate surface area is 133 Å². The summed E-state index contributed by atoms with van der Waals surface area (Å²) in [6.45, 7) is 10.5. The van der Waals surface area contributed by atoms with Crippen molar-refractivity contribution in [2.24, 2.45) is 0 Å². The number of piperazine rings is 1. The van der Waals surface area contributed by atoms with Gasteiger partial charge in [0.1, 0.15) is 0 Å². The third kappa shape index (κ3) is 3.45. The van der Waals surface area contributed by atoms with Crippen molar-refractivity contribution >= 4 is 11.8 Å². The molecule has 3 nitrogen and oxygen atoms in total. The molecule has 0 spiro atoms. The SMILES string of the molecule is CN1CCN(C(C)(C)CNC2CSc3ccccc32)CC1. The topological polar surface area (TPSA) is 18.5 Å². The molecule has 0 bridgehead atoms. The van der Waals surface area contributed by atoms with Crippen molar-refractivity contribution in [1.82, 2.24) is 15.1 Å². The Morgan fingerprint density at radius 2 is 1.90 bits per heavy atom. The predicted octanol–water partition coefficient (Wildman–Crippen LogP) is 2.45. The van der Waals surface area contributed by atoms with Crippen LogP contribution in [-0.2, 0) is 0 Å². The summed E-state index contributed by atoms with van der Waals surface area (Å²) in [6, 6.07) is 9.33. The van der Waals surface area contributed by atoms with Gasteiger partial charge in [0, 0.05) is 55.0 Å². The molecule has 3 rings (SSSR count). The van der Waals surface area contributed by atoms with Gasteiger partial charge >= 0.3 is 0 Å². The second kappa shape index (κ2) is 6.29. The Morgan fingerprint density at radius 1 is 1.19 bits per heavy atom. The fraction of sp³-hybridized carbons (Fsp3) is 0.647. The van der Waals surface area contributed by atoms with Crippen molar-refractivity contribution in [3.05, 3.63) is 29.8 Å². The standard InChI is InChI=1S/C17H27N3S/c1-17(2,20-10-8-19(3)9-11-20)13-18-15-12-21-16-7-5-4-6-14(15)16/h4-7,15,18H,8-13H2,1-3H3. The lowest BCUT2D eigenvalue weighted by Crippen LogP contribution is -2.57. The van der Waals surface area contributed by atoms with Crippen LogP contribution in [0.4, 0.5) is 0 Å². The van der Waals surface area contributed by atoms with E-state index in [-0.39, 0.29) is 5.54 Å². The first-order chi connectivity index (χ1) is 10.1. The molecule has 2 aliphatic heterocycles. The summed E-state index contributed by atoms with van der Waals surface area (Å²) in [4.78, 5) is 6.50. The molecule has 0 aromatic heterocycles. The van der Waals surface area contributed by atoms with E-state index in [2.05, 4.69) is 60.3 Å². The molecule has 1 aromatic carbocycles. The van der Waals surface area contributed by atoms with E-state index in [0.717, 1.165) is 12.3 Å². The summed E-state index contributed by atoms with van der Waals surface area (Å²) in [7, 11) is 2.22. The highest BCUT2D eigenvalue weighted by Gasteiger charge is 2.31. The smallest absolute Gasteiger partial charge is 0.0427 e. The van der Waals surface area contributed by atoms with Gasteiger partial charge in [-0.25, -0.2) is 0 Å². The van der Waals surface area contributed by atoms with E-state index in [4.69, 9.17) is 0 Å². The van der Waals surface area contributed by atoms with Gasteiger partial charge in [0.25, 0.3) is 0 Å². The molecule has 1 aromatic rings. The average molecular weight is 305 g/mol. The van der Waals surface area contributed by atoms with Crippen LogP contribution in [0.2, 0.25) is 0 Å². The van der Waals surface area contributed by atoms with E-state index in [1.807, 2.05) is 11.8 Å². The number of nitrogens with zero attached hydrogens (tertiary/aromatic N) is 2. The van der Waals surface area contributed by atoms with Gasteiger partial charge in [0.05, 0.1) is 0 Å². The molecule has 1 N–H and O–H groups in total. The molecule has 2 heterocycles. The van der Waals surface area contributed by atoms with Crippen molar-refractivity contribution < 1.29 is 0 Å². The van der Waals surface area contributed by atoms with E-state index in [1.54, 1.807) is 0 Å². The maximum absolute atomic E-state index is 3.81. The molecule has 1 saturated heterocycles. The molecule has 1 atom stereocenters. The van der Waals surface area contributed by atoms with Gasteiger partial charge in [-0.3, -0.25) is 4.90 Å². The van der Waals surface area contributed by atoms with Gasteiger partial charge in [-0.15, -0.1) is 11.8 Å². The lowest BCUT2D eigenvalue weighted by Gasteiger charge is -2.43. The van der Waals surface area contributed by atoms with Crippen LogP contribution in [0.3, 0.4) is 0 Å². The number of fused-ring (bicyclic) bond motifs is 1. The summed E-state index contributed by atoms with van der Waals surface area (Å²) < 4.78 is 0. The number of hydrogen-bond donors (Lipinski definition) is 1. The minimum atomic E-state index is 0.226. The van der Waals surface area contributed by atoms with Gasteiger partial charge < -0.3 is 10.2 Å². The Bertz CT molecular complexity index is 481. The molecule has 0 saturated carbocycles. The van der Waals surface area contributed by atoms with Crippen LogP contribution >= 0.6 is 11.8 Å². The summed E-state index contributed by atoms with van der Waals surface area (Å²) in [6.07, 6.45) is 0. The first-order valence-corrected chi connectivity index (χ1v) is 8.93. The lowest BCUT2D eigenvalue weighted by molar-refractivity contribution is 0.0606. The van der Waals surface area contributed by atoms with E-state index in [1.165, 1.54) is 36.6 Å². The van der Waals surface area contributed by atoms with Crippen LogP contribution in [0, 0.1) is 0 Å². The van der Waals surface area contributed by atoms with Crippen molar-refractivity contribution in [2.75, 3.05) is 45.5 Å². The van der Waals surface area contributed by atoms with E-state index >= 15 is 0 Å². The van der Waals surface area contributed by atoms with Crippen LogP contribution in [-0.4, -0.2) is 60.9 Å². The molecule has 0 aliphatic carbocycles. The third-order valence-corrected chi connectivity index (χ3v) is 6.02. The zero-order chi connectivity index (χ0) is 14.9. The third-order valence-electron chi connectivity index (χ3n) is 4.84. The van der Waals surface area contributed by atoms with Crippen LogP contribution in [0.25, 0.3) is 0 Å². The van der Waals surface area contributed by atoms with Crippen LogP contribution in [0.5, 0.6) is 0 Å². The highest BCUT2D eigenvalue weighted by Crippen LogP contribution is 2.37. The van der Waals surface area contributed by atoms with Gasteiger partial charge in [-0.05, 0) is 32.5 Å². The van der Waals surface area contributed by atoms with Crippen molar-refractivity contribution in [3.8, 4) is 0 Å². The summed E-state index contributed by atoms with van der Waals surface area (Å²) >= 11 is 1.98. The monoisotopic (exact) mass is 305 g/mol. The largest absolute Gasteiger partial charge is 0.307 e. The van der Waals surface area contributed by atoms with Gasteiger partial charge in [-0.2, -0.15) is 0 Å². The minimum Gasteiger partial charge on any atom is -0.307 e. The second-order valence-corrected chi connectivity index (χ2v) is 7.95. The molecule has 1 unspecified atom stereocenters. The minimum absolute atomic E-state index is 0.226. The molecule has 1 fully saturated rings. The zero-order valence-electron chi connectivity index (χ0n) is 13.4. The Kier molecular flexibility index (Phi) is 4.60. The molecule has 2 aliphatic rings. The number of likely N-dealkylation sites (N-methyl/N-ethyl adjacent to an activating group) is 1. The number of benzene rings is 1. The lowest BCUT2D eigenvalue weighted by atomic mass is 10.00. The number of rotatable bonds is 4. The van der Waals surface area contributed by atoms with Crippen molar-refractivity contribution in [2.45, 2.75) is 30.3 Å². The van der Waals surface area contributed by atoms with Crippen LogP contribution in [0.15, 0.2) is 29.2 Å². The zero-order valence-corrected chi connectivity index (χ0v) is 14.2. The highest BCUT2D eigenvalue weighted by atomic mass is 32.2. The average Bonchev–Trinajstić information content (AvgIpc) is 2.89. The molecule has 21 heavy (non-hydrogen) atoms. The maximum atomic E-state index is 3.81. The first-order valence-electron chi connectivity index (χ1n) is 7.95. The molecular formula is C17H27N3S. The molecule has 0 radical (unpaired) electrons. The first kappa shape index (κ1) is 15.3. The molecular weight excluding hydrogens is 278 g/mol. The summed E-state index contributed by atoms with van der Waals surface area (Å²) in [5, 5.41) is 3.81. The normalized spacial score (nSPS) is 24.2. The predicted molar refractivity (Wildman–Crippen MR) is 91.1 cm³/mol. The van der Waals surface area contributed by atoms with E-state index in [0.29, 0.717) is 6.04 Å². The van der Waals surface area contributed by atoms with Crippen molar-refractivity contribution in [3.63, 3.8) is 0 Å². The Morgan fingerprint density at radius 3 is 2.67 bits per heavy atom. The maximum Gasteiger partial charge on any atom is 0.0427 e. The second-order valence-electron chi connectivity index (χ2n) is 6.89. The number of nitrogens with one attached hydrogen (secondary N) is 1. The van der Waals surface area contributed by atoms with E-state index < -0.39 is 0 Å². The Hall–Kier alpha value is -0.550. The number of thioether (sulfide) groups is 1. The van der Waals surface area contributed by atoms with Crippen LogP contribution < -0.4 is 5.32 Å². The molecule has 116 valence electrons.